The molecule has 0 aliphatic rings. The number of amides is 1. The van der Waals surface area contributed by atoms with E-state index in [1.54, 1.807) is 25.3 Å². The van der Waals surface area contributed by atoms with Crippen LogP contribution in [-0.2, 0) is 4.79 Å². The van der Waals surface area contributed by atoms with Gasteiger partial charge in [-0.2, -0.15) is 0 Å². The van der Waals surface area contributed by atoms with Gasteiger partial charge in [0.15, 0.2) is 5.11 Å². The first-order valence-electron chi connectivity index (χ1n) is 6.11. The number of hydrogen-bond donors (Lipinski definition) is 3. The molecular formula is C13H19N3O2S. The van der Waals surface area contributed by atoms with E-state index in [4.69, 9.17) is 22.7 Å². The molecule has 4 N–H and O–H groups in total. The zero-order chi connectivity index (χ0) is 14.3. The van der Waals surface area contributed by atoms with Gasteiger partial charge in [0.1, 0.15) is 5.75 Å². The van der Waals surface area contributed by atoms with Gasteiger partial charge in [-0.15, -0.1) is 0 Å². The summed E-state index contributed by atoms with van der Waals surface area (Å²) in [5.41, 5.74) is 6.92. The third kappa shape index (κ3) is 5.13. The fourth-order valence-corrected chi connectivity index (χ4v) is 1.71. The number of nitrogens with two attached hydrogens (primary N) is 1. The number of thiocarbonyl (C=S) groups is 1. The van der Waals surface area contributed by atoms with Gasteiger partial charge in [0.05, 0.1) is 12.8 Å². The lowest BCUT2D eigenvalue weighted by atomic mass is 10.2. The SMILES string of the molecule is CCCCC(=O)NC(=S)Nc1ccc(N)cc1OC. The van der Waals surface area contributed by atoms with Crippen LogP contribution in [0.1, 0.15) is 26.2 Å². The first-order valence-corrected chi connectivity index (χ1v) is 6.52. The summed E-state index contributed by atoms with van der Waals surface area (Å²) in [4.78, 5) is 11.5. The van der Waals surface area contributed by atoms with Gasteiger partial charge in [-0.1, -0.05) is 13.3 Å². The third-order valence-corrected chi connectivity index (χ3v) is 2.69. The van der Waals surface area contributed by atoms with Crippen molar-refractivity contribution < 1.29 is 9.53 Å². The van der Waals surface area contributed by atoms with Crippen LogP contribution in [0.4, 0.5) is 11.4 Å². The number of carbonyl (C=O) groups is 1. The maximum absolute atomic E-state index is 11.5. The number of methoxy groups -OCH3 is 1. The standard InChI is InChI=1S/C13H19N3O2S/c1-3-4-5-12(17)16-13(19)15-10-7-6-9(14)8-11(10)18-2/h6-8H,3-5,14H2,1-2H3,(H2,15,16,17,19). The summed E-state index contributed by atoms with van der Waals surface area (Å²) < 4.78 is 5.18. The van der Waals surface area contributed by atoms with E-state index in [1.807, 2.05) is 6.92 Å². The second kappa shape index (κ2) is 7.58. The highest BCUT2D eigenvalue weighted by Crippen LogP contribution is 2.26. The summed E-state index contributed by atoms with van der Waals surface area (Å²) in [6, 6.07) is 5.16. The molecule has 1 rings (SSSR count). The number of benzene rings is 1. The summed E-state index contributed by atoms with van der Waals surface area (Å²) >= 11 is 5.07. The lowest BCUT2D eigenvalue weighted by Gasteiger charge is -2.13. The lowest BCUT2D eigenvalue weighted by molar-refractivity contribution is -0.119. The maximum atomic E-state index is 11.5. The molecule has 1 amide bonds. The van der Waals surface area contributed by atoms with Crippen LogP contribution in [-0.4, -0.2) is 18.1 Å². The molecule has 0 radical (unpaired) electrons. The second-order valence-electron chi connectivity index (χ2n) is 4.07. The monoisotopic (exact) mass is 281 g/mol. The molecule has 104 valence electrons. The normalized spacial score (nSPS) is 9.79. The Hall–Kier alpha value is -1.82. The Bertz CT molecular complexity index is 463. The van der Waals surface area contributed by atoms with Crippen molar-refractivity contribution in [2.45, 2.75) is 26.2 Å². The summed E-state index contributed by atoms with van der Waals surface area (Å²) in [6.45, 7) is 2.03. The van der Waals surface area contributed by atoms with Crippen LogP contribution in [0.3, 0.4) is 0 Å². The summed E-state index contributed by atoms with van der Waals surface area (Å²) in [7, 11) is 1.54. The molecule has 19 heavy (non-hydrogen) atoms. The second-order valence-corrected chi connectivity index (χ2v) is 4.47. The molecule has 0 saturated carbocycles. The van der Waals surface area contributed by atoms with Crippen molar-refractivity contribution in [1.82, 2.24) is 5.32 Å². The maximum Gasteiger partial charge on any atom is 0.226 e. The Morgan fingerprint density at radius 2 is 2.21 bits per heavy atom. The number of rotatable bonds is 5. The molecule has 0 aliphatic heterocycles. The minimum Gasteiger partial charge on any atom is -0.494 e. The highest BCUT2D eigenvalue weighted by atomic mass is 32.1. The van der Waals surface area contributed by atoms with E-state index in [1.165, 1.54) is 0 Å². The topological polar surface area (TPSA) is 76.4 Å². The van der Waals surface area contributed by atoms with Gasteiger partial charge in [0.2, 0.25) is 5.91 Å². The number of hydrogen-bond acceptors (Lipinski definition) is 4. The van der Waals surface area contributed by atoms with Crippen LogP contribution in [0, 0.1) is 0 Å². The highest BCUT2D eigenvalue weighted by Gasteiger charge is 2.07. The molecule has 0 atom stereocenters. The van der Waals surface area contributed by atoms with Gasteiger partial charge in [-0.05, 0) is 30.8 Å². The fraction of sp³-hybridized carbons (Fsp3) is 0.385. The summed E-state index contributed by atoms with van der Waals surface area (Å²) in [5.74, 6) is 0.485. The van der Waals surface area contributed by atoms with E-state index in [0.29, 0.717) is 23.5 Å². The van der Waals surface area contributed by atoms with Crippen molar-refractivity contribution in [1.29, 1.82) is 0 Å². The quantitative estimate of drug-likeness (QED) is 0.570. The third-order valence-electron chi connectivity index (χ3n) is 2.48. The van der Waals surface area contributed by atoms with Crippen LogP contribution in [0.25, 0.3) is 0 Å². The molecule has 1 aromatic carbocycles. The van der Waals surface area contributed by atoms with Crippen LogP contribution in [0.15, 0.2) is 18.2 Å². The van der Waals surface area contributed by atoms with Gasteiger partial charge < -0.3 is 21.1 Å². The minimum absolute atomic E-state index is 0.0891. The molecule has 0 unspecified atom stereocenters. The average molecular weight is 281 g/mol. The molecule has 5 nitrogen and oxygen atoms in total. The Morgan fingerprint density at radius 1 is 1.47 bits per heavy atom. The van der Waals surface area contributed by atoms with Crippen LogP contribution in [0.2, 0.25) is 0 Å². The first kappa shape index (κ1) is 15.2. The smallest absolute Gasteiger partial charge is 0.226 e. The van der Waals surface area contributed by atoms with Gasteiger partial charge in [-0.25, -0.2) is 0 Å². The van der Waals surface area contributed by atoms with E-state index in [9.17, 15) is 4.79 Å². The molecule has 6 heteroatoms. The Kier molecular flexibility index (Phi) is 6.08. The first-order chi connectivity index (χ1) is 9.06. The molecular weight excluding hydrogens is 262 g/mol. The van der Waals surface area contributed by atoms with Gasteiger partial charge >= 0.3 is 0 Å². The Labute approximate surface area is 118 Å². The van der Waals surface area contributed by atoms with Crippen molar-refractivity contribution in [3.8, 4) is 5.75 Å². The molecule has 0 aliphatic carbocycles. The largest absolute Gasteiger partial charge is 0.494 e. The minimum atomic E-state index is -0.0891. The van der Waals surface area contributed by atoms with Gasteiger partial charge in [0, 0.05) is 18.2 Å². The van der Waals surface area contributed by atoms with E-state index in [2.05, 4.69) is 10.6 Å². The van der Waals surface area contributed by atoms with E-state index < -0.39 is 0 Å². The molecule has 0 aromatic heterocycles. The van der Waals surface area contributed by atoms with Crippen LogP contribution < -0.4 is 21.1 Å². The zero-order valence-corrected chi connectivity index (χ0v) is 12.0. The average Bonchev–Trinajstić information content (AvgIpc) is 2.38. The molecule has 0 fully saturated rings. The molecule has 0 bridgehead atoms. The number of ether oxygens (including phenoxy) is 1. The number of nitrogens with one attached hydrogen (secondary N) is 2. The van der Waals surface area contributed by atoms with Crippen molar-refractivity contribution in [2.24, 2.45) is 0 Å². The zero-order valence-electron chi connectivity index (χ0n) is 11.2. The van der Waals surface area contributed by atoms with Crippen molar-refractivity contribution in [3.05, 3.63) is 18.2 Å². The molecule has 0 saturated heterocycles. The number of nitrogen functional groups attached to an aromatic ring is 1. The number of unbranched alkanes of at least 4 members (excludes halogenated alkanes) is 1. The van der Waals surface area contributed by atoms with E-state index >= 15 is 0 Å². The molecule has 0 spiro atoms. The lowest BCUT2D eigenvalue weighted by Crippen LogP contribution is -2.34. The predicted octanol–water partition coefficient (Wildman–Crippen LogP) is 2.28. The van der Waals surface area contributed by atoms with Gasteiger partial charge in [0.25, 0.3) is 0 Å². The van der Waals surface area contributed by atoms with Crippen molar-refractivity contribution in [2.75, 3.05) is 18.2 Å². The number of carbonyl (C=O) groups excluding carboxylic acids is 1. The van der Waals surface area contributed by atoms with Crippen molar-refractivity contribution >= 4 is 34.6 Å². The molecule has 0 heterocycles. The Balaban J connectivity index is 2.59. The summed E-state index contributed by atoms with van der Waals surface area (Å²) in [6.07, 6.45) is 2.29. The molecule has 1 aromatic rings. The van der Waals surface area contributed by atoms with Crippen molar-refractivity contribution in [3.63, 3.8) is 0 Å². The number of anilines is 2. The van der Waals surface area contributed by atoms with Gasteiger partial charge in [-0.3, -0.25) is 4.79 Å². The Morgan fingerprint density at radius 3 is 2.84 bits per heavy atom. The summed E-state index contributed by atoms with van der Waals surface area (Å²) in [5, 5.41) is 5.79. The van der Waals surface area contributed by atoms with Crippen LogP contribution >= 0.6 is 12.2 Å². The van der Waals surface area contributed by atoms with E-state index in [0.717, 1.165) is 12.8 Å². The van der Waals surface area contributed by atoms with Crippen LogP contribution in [0.5, 0.6) is 5.75 Å². The predicted molar refractivity (Wildman–Crippen MR) is 81.3 cm³/mol. The van der Waals surface area contributed by atoms with E-state index in [-0.39, 0.29) is 11.0 Å². The fourth-order valence-electron chi connectivity index (χ4n) is 1.49. The highest BCUT2D eigenvalue weighted by molar-refractivity contribution is 7.80.